The Morgan fingerprint density at radius 3 is 2.46 bits per heavy atom. The van der Waals surface area contributed by atoms with Gasteiger partial charge in [0.2, 0.25) is 0 Å². The largest absolute Gasteiger partial charge is 0.396 e. The van der Waals surface area contributed by atoms with Gasteiger partial charge in [-0.25, -0.2) is 13.5 Å². The maximum atomic E-state index is 16.5. The fourth-order valence-electron chi connectivity index (χ4n) is 5.76. The molecule has 4 N–H and O–H groups in total. The van der Waals surface area contributed by atoms with Gasteiger partial charge in [-0.3, -0.25) is 19.4 Å². The molecule has 0 spiro atoms. The van der Waals surface area contributed by atoms with Gasteiger partial charge >= 0.3 is 0 Å². The maximum Gasteiger partial charge on any atom is 0.273 e. The number of carbonyl (C=O) groups excluding carboxylic acids is 2. The van der Waals surface area contributed by atoms with Gasteiger partial charge in [-0.15, -0.1) is 5.10 Å². The minimum atomic E-state index is -0.796. The second-order valence-electron chi connectivity index (χ2n) is 11.9. The zero-order valence-corrected chi connectivity index (χ0v) is 27.2. The first-order chi connectivity index (χ1) is 22.0. The SMILES string of the molecule is Cc1c(F)c(N)cc(C(=O)Nc2c(N3C[C@@H](C)N(C)[C@@H](C)C3)ccc(-n3cc(C(=O)NCCCN4CCOCC4)nn3)c2F)c1Cl. The molecule has 2 fully saturated rings. The molecule has 248 valence electrons. The number of nitrogen functional groups attached to an aromatic ring is 1. The average molecular weight is 660 g/mol. The molecule has 0 unspecified atom stereocenters. The molecule has 2 aromatic carbocycles. The van der Waals surface area contributed by atoms with E-state index in [4.69, 9.17) is 22.1 Å². The number of rotatable bonds is 9. The molecule has 46 heavy (non-hydrogen) atoms. The highest BCUT2D eigenvalue weighted by atomic mass is 35.5. The smallest absolute Gasteiger partial charge is 0.273 e. The molecule has 12 nitrogen and oxygen atoms in total. The van der Waals surface area contributed by atoms with Crippen molar-refractivity contribution in [1.82, 2.24) is 30.1 Å². The molecular formula is C31H40ClF2N9O3. The van der Waals surface area contributed by atoms with Crippen LogP contribution in [0.15, 0.2) is 24.4 Å². The van der Waals surface area contributed by atoms with Crippen molar-refractivity contribution in [1.29, 1.82) is 0 Å². The lowest BCUT2D eigenvalue weighted by Gasteiger charge is -2.44. The fourth-order valence-corrected chi connectivity index (χ4v) is 5.99. The summed E-state index contributed by atoms with van der Waals surface area (Å²) in [5, 5.41) is 13.3. The lowest BCUT2D eigenvalue weighted by atomic mass is 10.1. The van der Waals surface area contributed by atoms with Gasteiger partial charge in [-0.2, -0.15) is 0 Å². The van der Waals surface area contributed by atoms with Crippen LogP contribution in [-0.2, 0) is 4.74 Å². The van der Waals surface area contributed by atoms with Crippen LogP contribution in [0.3, 0.4) is 0 Å². The number of nitrogens with two attached hydrogens (primary N) is 1. The molecule has 3 heterocycles. The van der Waals surface area contributed by atoms with Crippen molar-refractivity contribution >= 4 is 40.5 Å². The Labute approximate surface area is 271 Å². The summed E-state index contributed by atoms with van der Waals surface area (Å²) in [5.41, 5.74) is 5.76. The number of morpholine rings is 1. The maximum absolute atomic E-state index is 16.5. The Bertz CT molecular complexity index is 1590. The van der Waals surface area contributed by atoms with Crippen LogP contribution in [-0.4, -0.2) is 108 Å². The second kappa shape index (κ2) is 14.3. The van der Waals surface area contributed by atoms with Crippen LogP contribution in [0.2, 0.25) is 5.02 Å². The Kier molecular flexibility index (Phi) is 10.4. The first-order valence-corrected chi connectivity index (χ1v) is 15.7. The third kappa shape index (κ3) is 7.09. The van der Waals surface area contributed by atoms with Gasteiger partial charge in [0.25, 0.3) is 11.8 Å². The second-order valence-corrected chi connectivity index (χ2v) is 12.3. The Hall–Kier alpha value is -3.85. The van der Waals surface area contributed by atoms with E-state index < -0.39 is 23.4 Å². The number of amides is 2. The molecule has 5 rings (SSSR count). The lowest BCUT2D eigenvalue weighted by molar-refractivity contribution is 0.0374. The van der Waals surface area contributed by atoms with Gasteiger partial charge in [0.15, 0.2) is 17.3 Å². The Balaban J connectivity index is 1.40. The van der Waals surface area contributed by atoms with E-state index in [0.717, 1.165) is 36.8 Å². The Morgan fingerprint density at radius 2 is 1.76 bits per heavy atom. The zero-order chi connectivity index (χ0) is 33.1. The zero-order valence-electron chi connectivity index (χ0n) is 26.4. The number of halogens is 3. The monoisotopic (exact) mass is 659 g/mol. The number of hydrogen-bond donors (Lipinski definition) is 3. The normalized spacial score (nSPS) is 19.3. The van der Waals surface area contributed by atoms with Gasteiger partial charge in [0.05, 0.1) is 41.4 Å². The van der Waals surface area contributed by atoms with E-state index in [-0.39, 0.29) is 51.0 Å². The fraction of sp³-hybridized carbons (Fsp3) is 0.484. The summed E-state index contributed by atoms with van der Waals surface area (Å²) in [5.74, 6) is -2.71. The molecule has 3 aromatic rings. The molecule has 15 heteroatoms. The van der Waals surface area contributed by atoms with Crippen molar-refractivity contribution in [2.75, 3.05) is 75.5 Å². The molecule has 0 saturated carbocycles. The van der Waals surface area contributed by atoms with Crippen LogP contribution in [0.1, 0.15) is 46.7 Å². The standard InChI is InChI=1S/C31H40ClF2N9O3/c1-18-15-42(16-19(2)40(18)4)25-7-6-24(28(34)29(25)37-30(44)21-14-22(35)27(33)20(3)26(21)32)43-17-23(38-39-43)31(45)36-8-5-9-41-10-12-46-13-11-41/h6-7,14,17-19H,5,8-13,15-16,35H2,1-4H3,(H,36,45)(H,37,44)/t18-,19+. The third-order valence-corrected chi connectivity index (χ3v) is 9.23. The number of likely N-dealkylation sites (N-methyl/N-ethyl adjacent to an activating group) is 1. The van der Waals surface area contributed by atoms with Crippen LogP contribution >= 0.6 is 11.6 Å². The van der Waals surface area contributed by atoms with Gasteiger partial charge in [0.1, 0.15) is 11.4 Å². The van der Waals surface area contributed by atoms with Crippen LogP contribution in [0.25, 0.3) is 5.69 Å². The van der Waals surface area contributed by atoms with Crippen molar-refractivity contribution in [3.8, 4) is 5.69 Å². The van der Waals surface area contributed by atoms with Crippen molar-refractivity contribution in [3.63, 3.8) is 0 Å². The number of nitrogens with zero attached hydrogens (tertiary/aromatic N) is 6. The molecule has 1 aromatic heterocycles. The van der Waals surface area contributed by atoms with E-state index in [1.807, 2.05) is 11.9 Å². The van der Waals surface area contributed by atoms with Crippen LogP contribution in [0.4, 0.5) is 25.8 Å². The number of aromatic nitrogens is 3. The summed E-state index contributed by atoms with van der Waals surface area (Å²) in [6.45, 7) is 11.1. The predicted molar refractivity (Wildman–Crippen MR) is 173 cm³/mol. The number of piperazine rings is 1. The summed E-state index contributed by atoms with van der Waals surface area (Å²) in [7, 11) is 2.03. The van der Waals surface area contributed by atoms with Crippen molar-refractivity contribution in [3.05, 3.63) is 57.9 Å². The van der Waals surface area contributed by atoms with E-state index in [1.165, 1.54) is 19.2 Å². The summed E-state index contributed by atoms with van der Waals surface area (Å²) in [6.07, 6.45) is 2.09. The summed E-state index contributed by atoms with van der Waals surface area (Å²) < 4.78 is 37.4. The number of benzene rings is 2. The van der Waals surface area contributed by atoms with E-state index in [2.05, 4.69) is 44.6 Å². The molecule has 2 saturated heterocycles. The average Bonchev–Trinajstić information content (AvgIpc) is 3.54. The highest BCUT2D eigenvalue weighted by Crippen LogP contribution is 2.36. The molecule has 2 aliphatic heterocycles. The minimum Gasteiger partial charge on any atom is -0.396 e. The van der Waals surface area contributed by atoms with Crippen LogP contribution < -0.4 is 21.3 Å². The van der Waals surface area contributed by atoms with Crippen molar-refractivity contribution in [2.24, 2.45) is 0 Å². The number of nitrogens with one attached hydrogen (secondary N) is 2. The van der Waals surface area contributed by atoms with Crippen LogP contribution in [0, 0.1) is 18.6 Å². The van der Waals surface area contributed by atoms with Crippen molar-refractivity contribution < 1.29 is 23.1 Å². The third-order valence-electron chi connectivity index (χ3n) is 8.74. The van der Waals surface area contributed by atoms with E-state index in [1.54, 1.807) is 6.07 Å². The summed E-state index contributed by atoms with van der Waals surface area (Å²) in [4.78, 5) is 32.8. The van der Waals surface area contributed by atoms with Gasteiger partial charge < -0.3 is 26.0 Å². The summed E-state index contributed by atoms with van der Waals surface area (Å²) >= 11 is 6.32. The predicted octanol–water partition coefficient (Wildman–Crippen LogP) is 3.32. The Morgan fingerprint density at radius 1 is 1.09 bits per heavy atom. The highest BCUT2D eigenvalue weighted by molar-refractivity contribution is 6.35. The first kappa shape index (κ1) is 33.5. The number of hydrogen-bond acceptors (Lipinski definition) is 9. The molecular weight excluding hydrogens is 620 g/mol. The quantitative estimate of drug-likeness (QED) is 0.234. The molecule has 2 amide bonds. The molecule has 0 radical (unpaired) electrons. The lowest BCUT2D eigenvalue weighted by Crippen LogP contribution is -2.55. The van der Waals surface area contributed by atoms with Crippen molar-refractivity contribution in [2.45, 2.75) is 39.3 Å². The van der Waals surface area contributed by atoms with Crippen LogP contribution in [0.5, 0.6) is 0 Å². The van der Waals surface area contributed by atoms with E-state index in [9.17, 15) is 14.0 Å². The molecule has 2 aliphatic rings. The number of ether oxygens (including phenoxy) is 1. The van der Waals surface area contributed by atoms with Gasteiger partial charge in [-0.1, -0.05) is 16.8 Å². The van der Waals surface area contributed by atoms with Gasteiger partial charge in [-0.05, 0) is 59.0 Å². The molecule has 0 aliphatic carbocycles. The van der Waals surface area contributed by atoms with Gasteiger partial charge in [0, 0.05) is 50.4 Å². The highest BCUT2D eigenvalue weighted by Gasteiger charge is 2.31. The molecule has 0 bridgehead atoms. The number of carbonyl (C=O) groups is 2. The first-order valence-electron chi connectivity index (χ1n) is 15.3. The topological polar surface area (TPSA) is 134 Å². The molecule has 2 atom stereocenters. The summed E-state index contributed by atoms with van der Waals surface area (Å²) in [6, 6.07) is 4.64. The number of anilines is 3. The minimum absolute atomic E-state index is 0.0116. The van der Waals surface area contributed by atoms with E-state index in [0.29, 0.717) is 38.5 Å². The van der Waals surface area contributed by atoms with E-state index >= 15 is 4.39 Å².